The van der Waals surface area contributed by atoms with Crippen LogP contribution in [-0.4, -0.2) is 79.0 Å². The van der Waals surface area contributed by atoms with Gasteiger partial charge in [0.25, 0.3) is 11.5 Å². The molecule has 3 aromatic heterocycles. The van der Waals surface area contributed by atoms with Gasteiger partial charge < -0.3 is 15.8 Å². The van der Waals surface area contributed by atoms with E-state index in [0.717, 1.165) is 50.5 Å². The third kappa shape index (κ3) is 6.92. The van der Waals surface area contributed by atoms with E-state index in [4.69, 9.17) is 15.5 Å². The van der Waals surface area contributed by atoms with Gasteiger partial charge in [-0.2, -0.15) is 10.2 Å². The quantitative estimate of drug-likeness (QED) is 0.181. The van der Waals surface area contributed by atoms with Crippen LogP contribution < -0.4 is 16.6 Å². The number of hydrogen-bond donors (Lipinski definition) is 2. The Hall–Kier alpha value is -5.84. The van der Waals surface area contributed by atoms with Gasteiger partial charge in [-0.1, -0.05) is 48.8 Å². The van der Waals surface area contributed by atoms with Gasteiger partial charge in [-0.05, 0) is 31.2 Å². The molecule has 5 aromatic rings. The molecule has 0 radical (unpaired) electrons. The predicted octanol–water partition coefficient (Wildman–Crippen LogP) is 3.09. The summed E-state index contributed by atoms with van der Waals surface area (Å²) >= 11 is 0. The molecule has 1 aliphatic heterocycles. The largest absolute Gasteiger partial charge is 0.381 e. The fourth-order valence-corrected chi connectivity index (χ4v) is 5.91. The third-order valence-electron chi connectivity index (χ3n) is 8.41. The molecule has 0 saturated carbocycles. The smallest absolute Gasteiger partial charge is 0.267 e. The molecular weight excluding hydrogens is 620 g/mol. The summed E-state index contributed by atoms with van der Waals surface area (Å²) < 4.78 is 10.3. The number of nitrogens with zero attached hydrogens (tertiary/aromatic N) is 8. The molecule has 0 aliphatic carbocycles. The van der Waals surface area contributed by atoms with E-state index in [0.29, 0.717) is 28.0 Å². The molecule has 250 valence electrons. The van der Waals surface area contributed by atoms with Crippen LogP contribution in [0.1, 0.15) is 46.0 Å². The van der Waals surface area contributed by atoms with Crippen LogP contribution in [0.25, 0.3) is 16.6 Å². The summed E-state index contributed by atoms with van der Waals surface area (Å²) in [5.41, 5.74) is 9.33. The van der Waals surface area contributed by atoms with Crippen LogP contribution in [0.5, 0.6) is 0 Å². The average Bonchev–Trinajstić information content (AvgIpc) is 3.61. The molecule has 1 fully saturated rings. The number of allylic oxidation sites excluding steroid dienone is 1. The van der Waals surface area contributed by atoms with Crippen molar-refractivity contribution in [3.63, 3.8) is 0 Å². The number of fused-ring (bicyclic) bond motifs is 1. The zero-order valence-corrected chi connectivity index (χ0v) is 27.8. The Bertz CT molecular complexity index is 2160. The molecule has 1 amide bonds. The molecule has 1 unspecified atom stereocenters. The number of carbonyl (C=O) groups is 1. The molecule has 1 aliphatic rings. The summed E-state index contributed by atoms with van der Waals surface area (Å²) in [6.07, 6.45) is 5.50. The van der Waals surface area contributed by atoms with Gasteiger partial charge in [-0.15, -0.1) is 0 Å². The highest BCUT2D eigenvalue weighted by atomic mass is 16.5. The zero-order valence-electron chi connectivity index (χ0n) is 27.8. The number of amides is 1. The van der Waals surface area contributed by atoms with Crippen molar-refractivity contribution in [1.82, 2.24) is 39.3 Å². The van der Waals surface area contributed by atoms with E-state index < -0.39 is 11.9 Å². The predicted molar refractivity (Wildman–Crippen MR) is 189 cm³/mol. The number of carbonyl (C=O) groups excluding carboxylic acids is 1. The first-order valence-electron chi connectivity index (χ1n) is 16.0. The Morgan fingerprint density at radius 3 is 2.61 bits per heavy atom. The number of para-hydroxylation sites is 1. The molecule has 49 heavy (non-hydrogen) atoms. The molecule has 1 atom stereocenters. The lowest BCUT2D eigenvalue weighted by Crippen LogP contribution is -2.37. The lowest BCUT2D eigenvalue weighted by atomic mass is 10.1. The highest BCUT2D eigenvalue weighted by Gasteiger charge is 2.26. The first-order valence-corrected chi connectivity index (χ1v) is 16.0. The molecule has 13 heteroatoms. The van der Waals surface area contributed by atoms with E-state index in [9.17, 15) is 9.59 Å². The van der Waals surface area contributed by atoms with E-state index in [1.807, 2.05) is 54.2 Å². The van der Waals surface area contributed by atoms with Crippen molar-refractivity contribution in [3.05, 3.63) is 106 Å². The normalized spacial score (nSPS) is 14.1. The molecule has 6 rings (SSSR count). The number of ether oxygens (including phenoxy) is 1. The summed E-state index contributed by atoms with van der Waals surface area (Å²) in [4.78, 5) is 39.6. The van der Waals surface area contributed by atoms with E-state index in [1.165, 1.54) is 21.5 Å². The minimum Gasteiger partial charge on any atom is -0.381 e. The fourth-order valence-electron chi connectivity index (χ4n) is 5.91. The summed E-state index contributed by atoms with van der Waals surface area (Å²) in [5.74, 6) is 6.64. The van der Waals surface area contributed by atoms with Gasteiger partial charge in [0.15, 0.2) is 11.6 Å². The topological polar surface area (TPSA) is 150 Å². The number of aliphatic imine (C=N–C) groups is 1. The third-order valence-corrected chi connectivity index (χ3v) is 8.41. The Kier molecular flexibility index (Phi) is 9.79. The second-order valence-corrected chi connectivity index (χ2v) is 11.6. The van der Waals surface area contributed by atoms with Crippen LogP contribution in [0.15, 0.2) is 77.2 Å². The van der Waals surface area contributed by atoms with E-state index in [2.05, 4.69) is 43.8 Å². The van der Waals surface area contributed by atoms with Crippen LogP contribution in [0.2, 0.25) is 0 Å². The zero-order chi connectivity index (χ0) is 34.5. The van der Waals surface area contributed by atoms with Crippen molar-refractivity contribution in [1.29, 1.82) is 0 Å². The monoisotopic (exact) mass is 658 g/mol. The van der Waals surface area contributed by atoms with Crippen LogP contribution in [0.3, 0.4) is 0 Å². The number of nitrogens with two attached hydrogens (primary N) is 1. The minimum absolute atomic E-state index is 0.0245. The number of aromatic nitrogens is 6. The van der Waals surface area contributed by atoms with Crippen molar-refractivity contribution in [2.75, 3.05) is 38.6 Å². The van der Waals surface area contributed by atoms with Crippen molar-refractivity contribution in [3.8, 4) is 17.5 Å². The Morgan fingerprint density at radius 2 is 1.86 bits per heavy atom. The molecular formula is C36H38N10O3. The SMILES string of the molecule is C=C/C=N\c1c(C(=O)NC(C)c2nc3cccc(C#Cc4cnn(C)c4CCN4CCOCC4)c3c(=O)n2-c2ccccc2)c(N)nn1C. The van der Waals surface area contributed by atoms with Crippen LogP contribution in [0.4, 0.5) is 11.6 Å². The second-order valence-electron chi connectivity index (χ2n) is 11.6. The van der Waals surface area contributed by atoms with Gasteiger partial charge in [0.05, 0.1) is 53.3 Å². The fraction of sp³-hybridized carbons (Fsp3) is 0.278. The van der Waals surface area contributed by atoms with Crippen LogP contribution in [-0.2, 0) is 25.3 Å². The van der Waals surface area contributed by atoms with Crippen LogP contribution in [0, 0.1) is 11.8 Å². The lowest BCUT2D eigenvalue weighted by Gasteiger charge is -2.26. The van der Waals surface area contributed by atoms with Crippen molar-refractivity contribution in [2.45, 2.75) is 19.4 Å². The first kappa shape index (κ1) is 33.1. The van der Waals surface area contributed by atoms with Gasteiger partial charge in [0.1, 0.15) is 11.4 Å². The number of nitrogen functional groups attached to an aromatic ring is 1. The Balaban J connectivity index is 1.38. The summed E-state index contributed by atoms with van der Waals surface area (Å²) in [5, 5.41) is 11.9. The average molecular weight is 659 g/mol. The van der Waals surface area contributed by atoms with Gasteiger partial charge in [-0.3, -0.25) is 23.7 Å². The Morgan fingerprint density at radius 1 is 1.10 bits per heavy atom. The number of morpholine rings is 1. The van der Waals surface area contributed by atoms with E-state index >= 15 is 0 Å². The number of benzene rings is 2. The first-order chi connectivity index (χ1) is 23.8. The lowest BCUT2D eigenvalue weighted by molar-refractivity contribution is 0.0382. The van der Waals surface area contributed by atoms with Gasteiger partial charge in [-0.25, -0.2) is 14.7 Å². The van der Waals surface area contributed by atoms with E-state index in [1.54, 1.807) is 26.2 Å². The second kappa shape index (κ2) is 14.5. The maximum absolute atomic E-state index is 14.5. The highest BCUT2D eigenvalue weighted by molar-refractivity contribution is 6.03. The molecule has 4 heterocycles. The van der Waals surface area contributed by atoms with Gasteiger partial charge in [0, 0.05) is 51.9 Å². The van der Waals surface area contributed by atoms with Crippen molar-refractivity contribution < 1.29 is 9.53 Å². The number of anilines is 1. The van der Waals surface area contributed by atoms with Crippen LogP contribution >= 0.6 is 0 Å². The molecule has 1 saturated heterocycles. The minimum atomic E-state index is -0.722. The van der Waals surface area contributed by atoms with Crippen molar-refractivity contribution in [2.24, 2.45) is 19.1 Å². The number of nitrogens with one attached hydrogen (secondary N) is 1. The summed E-state index contributed by atoms with van der Waals surface area (Å²) in [7, 11) is 3.56. The summed E-state index contributed by atoms with van der Waals surface area (Å²) in [6.45, 7) is 9.57. The maximum atomic E-state index is 14.5. The summed E-state index contributed by atoms with van der Waals surface area (Å²) in [6, 6.07) is 13.9. The van der Waals surface area contributed by atoms with E-state index in [-0.39, 0.29) is 22.8 Å². The standard InChI is InChI=1S/C36H38N10O3/c1-5-17-38-34-31(32(37)42-44(34)4)35(47)40-24(2)33-41-28-13-9-10-25(30(28)36(48)46(33)27-11-7-6-8-12-27)14-15-26-23-39-43(3)29(26)16-18-45-19-21-49-22-20-45/h5-13,17,23-24H,1,16,18-22H2,2-4H3,(H2,37,42)(H,40,47)/b38-17-. The molecule has 0 spiro atoms. The molecule has 0 bridgehead atoms. The molecule has 2 aromatic carbocycles. The highest BCUT2D eigenvalue weighted by Crippen LogP contribution is 2.26. The molecule has 3 N–H and O–H groups in total. The number of hydrogen-bond acceptors (Lipinski definition) is 9. The molecule has 13 nitrogen and oxygen atoms in total. The van der Waals surface area contributed by atoms with Gasteiger partial charge >= 0.3 is 0 Å². The number of rotatable bonds is 9. The maximum Gasteiger partial charge on any atom is 0.267 e. The Labute approximate surface area is 283 Å². The van der Waals surface area contributed by atoms with Crippen molar-refractivity contribution >= 4 is 34.7 Å². The van der Waals surface area contributed by atoms with Gasteiger partial charge in [0.2, 0.25) is 0 Å². The number of aryl methyl sites for hydroxylation is 2.